The van der Waals surface area contributed by atoms with E-state index >= 15 is 0 Å². The van der Waals surface area contributed by atoms with Crippen LogP contribution in [0.25, 0.3) is 0 Å². The standard InChI is InChI=1S/C20H22ClNO/c21-19-9-5-4-8-17(19)20(23,16-6-2-1-3-7-16)18-14-22-12-10-15(18)11-13-22/h1-9,15,18,23H,10-14H2/t18-,20+/m1/s1. The lowest BCUT2D eigenvalue weighted by Gasteiger charge is -2.51. The summed E-state index contributed by atoms with van der Waals surface area (Å²) in [5.74, 6) is 0.744. The molecular formula is C20H22ClNO. The van der Waals surface area contributed by atoms with Gasteiger partial charge in [0.15, 0.2) is 0 Å². The first-order valence-electron chi connectivity index (χ1n) is 8.45. The van der Waals surface area contributed by atoms with E-state index in [1.54, 1.807) is 0 Å². The van der Waals surface area contributed by atoms with Crippen LogP contribution >= 0.6 is 11.6 Å². The third-order valence-electron chi connectivity index (χ3n) is 5.69. The quantitative estimate of drug-likeness (QED) is 0.923. The van der Waals surface area contributed by atoms with E-state index in [2.05, 4.69) is 4.90 Å². The molecule has 2 bridgehead atoms. The van der Waals surface area contributed by atoms with Crippen molar-refractivity contribution in [2.24, 2.45) is 11.8 Å². The Morgan fingerprint density at radius 1 is 0.957 bits per heavy atom. The Kier molecular flexibility index (Phi) is 3.92. The molecule has 0 aliphatic carbocycles. The highest BCUT2D eigenvalue weighted by Gasteiger charge is 2.49. The van der Waals surface area contributed by atoms with E-state index in [1.807, 2.05) is 54.6 Å². The Bertz CT molecular complexity index is 681. The first kappa shape index (κ1) is 15.2. The van der Waals surface area contributed by atoms with Crippen LogP contribution in [-0.4, -0.2) is 29.6 Å². The molecule has 0 spiro atoms. The Morgan fingerprint density at radius 2 is 1.61 bits per heavy atom. The van der Waals surface area contributed by atoms with E-state index in [-0.39, 0.29) is 5.92 Å². The summed E-state index contributed by atoms with van der Waals surface area (Å²) in [5, 5.41) is 12.6. The van der Waals surface area contributed by atoms with E-state index in [1.165, 1.54) is 12.8 Å². The summed E-state index contributed by atoms with van der Waals surface area (Å²) >= 11 is 6.51. The zero-order chi connectivity index (χ0) is 15.9. The molecule has 0 unspecified atom stereocenters. The minimum atomic E-state index is -1.02. The fourth-order valence-corrected chi connectivity index (χ4v) is 4.75. The molecular weight excluding hydrogens is 306 g/mol. The molecule has 0 aromatic heterocycles. The zero-order valence-electron chi connectivity index (χ0n) is 13.2. The molecule has 3 aliphatic rings. The van der Waals surface area contributed by atoms with E-state index < -0.39 is 5.60 Å². The van der Waals surface area contributed by atoms with Crippen LogP contribution in [0.4, 0.5) is 0 Å². The summed E-state index contributed by atoms with van der Waals surface area (Å²) < 4.78 is 0. The van der Waals surface area contributed by atoms with E-state index in [0.717, 1.165) is 30.8 Å². The molecule has 23 heavy (non-hydrogen) atoms. The zero-order valence-corrected chi connectivity index (χ0v) is 13.9. The molecule has 120 valence electrons. The monoisotopic (exact) mass is 327 g/mol. The summed E-state index contributed by atoms with van der Waals surface area (Å²) in [7, 11) is 0. The lowest BCUT2D eigenvalue weighted by Crippen LogP contribution is -2.55. The number of benzene rings is 2. The molecule has 5 rings (SSSR count). The summed E-state index contributed by atoms with van der Waals surface area (Å²) in [6.07, 6.45) is 2.34. The molecule has 2 aromatic carbocycles. The van der Waals surface area contributed by atoms with Crippen LogP contribution in [0, 0.1) is 11.8 Å². The van der Waals surface area contributed by atoms with Gasteiger partial charge in [-0.15, -0.1) is 0 Å². The van der Waals surface area contributed by atoms with Crippen molar-refractivity contribution in [3.05, 3.63) is 70.7 Å². The summed E-state index contributed by atoms with van der Waals surface area (Å²) in [6.45, 7) is 3.27. The Hall–Kier alpha value is -1.35. The highest BCUT2D eigenvalue weighted by molar-refractivity contribution is 6.31. The molecule has 2 aromatic rings. The van der Waals surface area contributed by atoms with Crippen LogP contribution in [-0.2, 0) is 5.60 Å². The molecule has 3 aliphatic heterocycles. The van der Waals surface area contributed by atoms with E-state index in [0.29, 0.717) is 10.9 Å². The van der Waals surface area contributed by atoms with E-state index in [4.69, 9.17) is 11.6 Å². The fourth-order valence-electron chi connectivity index (χ4n) is 4.47. The maximum atomic E-state index is 12.0. The van der Waals surface area contributed by atoms with Crippen molar-refractivity contribution < 1.29 is 5.11 Å². The number of fused-ring (bicyclic) bond motifs is 3. The highest BCUT2D eigenvalue weighted by atomic mass is 35.5. The summed E-state index contributed by atoms with van der Waals surface area (Å²) in [5.41, 5.74) is 0.766. The van der Waals surface area contributed by atoms with Gasteiger partial charge >= 0.3 is 0 Å². The molecule has 0 saturated carbocycles. The smallest absolute Gasteiger partial charge is 0.120 e. The average molecular weight is 328 g/mol. The minimum absolute atomic E-state index is 0.187. The molecule has 1 N–H and O–H groups in total. The van der Waals surface area contributed by atoms with Crippen LogP contribution in [0.15, 0.2) is 54.6 Å². The summed E-state index contributed by atoms with van der Waals surface area (Å²) in [6, 6.07) is 17.8. The number of hydrogen-bond donors (Lipinski definition) is 1. The second-order valence-electron chi connectivity index (χ2n) is 6.86. The third-order valence-corrected chi connectivity index (χ3v) is 6.02. The largest absolute Gasteiger partial charge is 0.380 e. The molecule has 3 fully saturated rings. The first-order valence-corrected chi connectivity index (χ1v) is 8.82. The SMILES string of the molecule is O[C@@](c1ccccc1)(c1ccccc1Cl)[C@@H]1CN2CCC1CC2. The normalized spacial score (nSPS) is 29.2. The molecule has 3 heteroatoms. The number of hydrogen-bond acceptors (Lipinski definition) is 2. The van der Waals surface area contributed by atoms with Crippen LogP contribution in [0.5, 0.6) is 0 Å². The third kappa shape index (κ3) is 2.50. The van der Waals surface area contributed by atoms with Gasteiger partial charge in [-0.05, 0) is 43.5 Å². The Balaban J connectivity index is 1.86. The molecule has 2 nitrogen and oxygen atoms in total. The second-order valence-corrected chi connectivity index (χ2v) is 7.26. The van der Waals surface area contributed by atoms with Crippen molar-refractivity contribution in [1.29, 1.82) is 0 Å². The van der Waals surface area contributed by atoms with Gasteiger partial charge in [0.25, 0.3) is 0 Å². The molecule has 0 radical (unpaired) electrons. The predicted octanol–water partition coefficient (Wildman–Crippen LogP) is 3.92. The van der Waals surface area contributed by atoms with Gasteiger partial charge in [-0.1, -0.05) is 60.1 Å². The van der Waals surface area contributed by atoms with Crippen molar-refractivity contribution >= 4 is 11.6 Å². The van der Waals surface area contributed by atoms with Crippen LogP contribution < -0.4 is 0 Å². The molecule has 3 heterocycles. The van der Waals surface area contributed by atoms with E-state index in [9.17, 15) is 5.11 Å². The van der Waals surface area contributed by atoms with Crippen molar-refractivity contribution in [3.63, 3.8) is 0 Å². The van der Waals surface area contributed by atoms with Crippen molar-refractivity contribution in [2.75, 3.05) is 19.6 Å². The van der Waals surface area contributed by atoms with Gasteiger partial charge in [0.05, 0.1) is 0 Å². The average Bonchev–Trinajstić information content (AvgIpc) is 2.63. The molecule has 2 atom stereocenters. The number of rotatable bonds is 3. The van der Waals surface area contributed by atoms with Gasteiger partial charge in [0.2, 0.25) is 0 Å². The topological polar surface area (TPSA) is 23.5 Å². The van der Waals surface area contributed by atoms with Crippen molar-refractivity contribution in [2.45, 2.75) is 18.4 Å². The van der Waals surface area contributed by atoms with Crippen LogP contribution in [0.2, 0.25) is 5.02 Å². The van der Waals surface area contributed by atoms with Gasteiger partial charge in [-0.25, -0.2) is 0 Å². The predicted molar refractivity (Wildman–Crippen MR) is 93.5 cm³/mol. The van der Waals surface area contributed by atoms with Gasteiger partial charge in [-0.3, -0.25) is 0 Å². The minimum Gasteiger partial charge on any atom is -0.380 e. The lowest BCUT2D eigenvalue weighted by molar-refractivity contribution is -0.0763. The van der Waals surface area contributed by atoms with Crippen LogP contribution in [0.3, 0.4) is 0 Å². The van der Waals surface area contributed by atoms with Crippen LogP contribution in [0.1, 0.15) is 24.0 Å². The number of nitrogens with zero attached hydrogens (tertiary/aromatic N) is 1. The lowest BCUT2D eigenvalue weighted by atomic mass is 9.65. The maximum Gasteiger partial charge on any atom is 0.120 e. The van der Waals surface area contributed by atoms with Gasteiger partial charge in [0.1, 0.15) is 5.60 Å². The molecule has 3 saturated heterocycles. The number of halogens is 1. The number of piperidine rings is 3. The van der Waals surface area contributed by atoms with Gasteiger partial charge in [-0.2, -0.15) is 0 Å². The van der Waals surface area contributed by atoms with Crippen molar-refractivity contribution in [3.8, 4) is 0 Å². The summed E-state index contributed by atoms with van der Waals surface area (Å²) in [4.78, 5) is 2.48. The van der Waals surface area contributed by atoms with Gasteiger partial charge < -0.3 is 10.0 Å². The maximum absolute atomic E-state index is 12.0. The Labute approximate surface area is 142 Å². The Morgan fingerprint density at radius 3 is 2.22 bits per heavy atom. The molecule has 0 amide bonds. The van der Waals surface area contributed by atoms with Gasteiger partial charge in [0, 0.05) is 23.0 Å². The first-order chi connectivity index (χ1) is 11.2. The highest BCUT2D eigenvalue weighted by Crippen LogP contribution is 2.48. The fraction of sp³-hybridized carbons (Fsp3) is 0.400. The van der Waals surface area contributed by atoms with Crippen molar-refractivity contribution in [1.82, 2.24) is 4.90 Å². The number of aliphatic hydroxyl groups is 1. The second kappa shape index (κ2) is 5.94.